The summed E-state index contributed by atoms with van der Waals surface area (Å²) in [5.74, 6) is 3.31. The number of thioether (sulfide) groups is 1. The van der Waals surface area contributed by atoms with E-state index in [1.165, 1.54) is 11.1 Å². The number of hydrogen-bond acceptors (Lipinski definition) is 5. The smallest absolute Gasteiger partial charge is 0.159 e. The fourth-order valence-corrected chi connectivity index (χ4v) is 3.92. The van der Waals surface area contributed by atoms with Crippen LogP contribution in [0.5, 0.6) is 0 Å². The Morgan fingerprint density at radius 1 is 0.519 bits per heavy atom. The van der Waals surface area contributed by atoms with Crippen LogP contribution in [0.25, 0.3) is 22.8 Å². The summed E-state index contributed by atoms with van der Waals surface area (Å²) in [4.78, 5) is 17.6. The molecule has 0 aliphatic rings. The summed E-state index contributed by atoms with van der Waals surface area (Å²) in [6.45, 7) is 0. The summed E-state index contributed by atoms with van der Waals surface area (Å²) < 4.78 is 0. The Morgan fingerprint density at radius 2 is 0.926 bits per heavy atom. The van der Waals surface area contributed by atoms with Crippen molar-refractivity contribution >= 4 is 11.8 Å². The molecule has 0 spiro atoms. The van der Waals surface area contributed by atoms with E-state index in [9.17, 15) is 0 Å². The van der Waals surface area contributed by atoms with Gasteiger partial charge in [-0.2, -0.15) is 11.8 Å². The molecule has 2 aromatic heterocycles. The lowest BCUT2D eigenvalue weighted by Gasteiger charge is -2.10. The first-order valence-corrected chi connectivity index (χ1v) is 9.85. The third-order valence-corrected chi connectivity index (χ3v) is 5.19. The SMILES string of the molecule is c1cnc(-c2ccccc2CSCc2ccccc2-c2ncccn2)nc1. The molecule has 0 saturated carbocycles. The standard InChI is InChI=1S/C22H18N4S/c1-3-9-19(21-23-11-5-12-24-21)17(7-1)15-27-16-18-8-2-4-10-20(18)22-25-13-6-14-26-22/h1-14H,15-16H2. The lowest BCUT2D eigenvalue weighted by Crippen LogP contribution is -1.94. The molecule has 0 bridgehead atoms. The molecule has 0 atom stereocenters. The molecule has 0 aliphatic carbocycles. The quantitative estimate of drug-likeness (QED) is 0.476. The van der Waals surface area contributed by atoms with Crippen molar-refractivity contribution in [1.82, 2.24) is 19.9 Å². The number of rotatable bonds is 6. The highest BCUT2D eigenvalue weighted by molar-refractivity contribution is 7.97. The zero-order valence-corrected chi connectivity index (χ0v) is 15.5. The van der Waals surface area contributed by atoms with Gasteiger partial charge in [-0.15, -0.1) is 0 Å². The molecular weight excluding hydrogens is 352 g/mol. The molecule has 27 heavy (non-hydrogen) atoms. The van der Waals surface area contributed by atoms with Gasteiger partial charge in [-0.25, -0.2) is 19.9 Å². The van der Waals surface area contributed by atoms with E-state index < -0.39 is 0 Å². The highest BCUT2D eigenvalue weighted by atomic mass is 32.2. The highest BCUT2D eigenvalue weighted by Crippen LogP contribution is 2.28. The van der Waals surface area contributed by atoms with E-state index in [1.807, 2.05) is 36.0 Å². The van der Waals surface area contributed by atoms with Crippen LogP contribution in [-0.2, 0) is 11.5 Å². The van der Waals surface area contributed by atoms with Crippen molar-refractivity contribution in [2.45, 2.75) is 11.5 Å². The summed E-state index contributed by atoms with van der Waals surface area (Å²) in [5, 5.41) is 0. The molecule has 132 valence electrons. The minimum Gasteiger partial charge on any atom is -0.237 e. The van der Waals surface area contributed by atoms with E-state index in [4.69, 9.17) is 0 Å². The van der Waals surface area contributed by atoms with Gasteiger partial charge in [-0.1, -0.05) is 48.5 Å². The van der Waals surface area contributed by atoms with Crippen LogP contribution in [-0.4, -0.2) is 19.9 Å². The largest absolute Gasteiger partial charge is 0.237 e. The van der Waals surface area contributed by atoms with Gasteiger partial charge in [0.1, 0.15) is 0 Å². The topological polar surface area (TPSA) is 51.6 Å². The zero-order valence-electron chi connectivity index (χ0n) is 14.7. The van der Waals surface area contributed by atoms with Crippen LogP contribution in [0.1, 0.15) is 11.1 Å². The molecule has 0 amide bonds. The average Bonchev–Trinajstić information content (AvgIpc) is 2.76. The van der Waals surface area contributed by atoms with E-state index in [1.54, 1.807) is 24.8 Å². The Morgan fingerprint density at radius 3 is 1.37 bits per heavy atom. The summed E-state index contributed by atoms with van der Waals surface area (Å²) in [6.07, 6.45) is 7.12. The molecule has 0 aliphatic heterocycles. The number of hydrogen-bond donors (Lipinski definition) is 0. The average molecular weight is 370 g/mol. The van der Waals surface area contributed by atoms with E-state index in [0.29, 0.717) is 0 Å². The van der Waals surface area contributed by atoms with Crippen LogP contribution in [0.3, 0.4) is 0 Å². The van der Waals surface area contributed by atoms with Crippen molar-refractivity contribution in [1.29, 1.82) is 0 Å². The third-order valence-electron chi connectivity index (χ3n) is 4.16. The second kappa shape index (κ2) is 8.56. The lowest BCUT2D eigenvalue weighted by atomic mass is 10.1. The molecule has 0 saturated heterocycles. The third kappa shape index (κ3) is 4.20. The Balaban J connectivity index is 1.51. The highest BCUT2D eigenvalue weighted by Gasteiger charge is 2.09. The molecular formula is C22H18N4S. The van der Waals surface area contributed by atoms with Gasteiger partial charge in [0, 0.05) is 47.4 Å². The van der Waals surface area contributed by atoms with E-state index in [-0.39, 0.29) is 0 Å². The zero-order chi connectivity index (χ0) is 18.3. The first-order valence-electron chi connectivity index (χ1n) is 8.70. The van der Waals surface area contributed by atoms with E-state index >= 15 is 0 Å². The van der Waals surface area contributed by atoms with E-state index in [2.05, 4.69) is 56.3 Å². The van der Waals surface area contributed by atoms with Crippen molar-refractivity contribution < 1.29 is 0 Å². The molecule has 4 rings (SSSR count). The summed E-state index contributed by atoms with van der Waals surface area (Å²) in [7, 11) is 0. The van der Waals surface area contributed by atoms with Crippen LogP contribution in [0.15, 0.2) is 85.5 Å². The van der Waals surface area contributed by atoms with Gasteiger partial charge in [0.2, 0.25) is 0 Å². The monoisotopic (exact) mass is 370 g/mol. The van der Waals surface area contributed by atoms with Crippen molar-refractivity contribution in [3.63, 3.8) is 0 Å². The van der Waals surface area contributed by atoms with Crippen LogP contribution >= 0.6 is 11.8 Å². The molecule has 2 heterocycles. The van der Waals surface area contributed by atoms with Gasteiger partial charge in [-0.3, -0.25) is 0 Å². The first kappa shape index (κ1) is 17.4. The van der Waals surface area contributed by atoms with Gasteiger partial charge < -0.3 is 0 Å². The molecule has 0 fully saturated rings. The van der Waals surface area contributed by atoms with Crippen molar-refractivity contribution in [2.24, 2.45) is 0 Å². The minimum absolute atomic E-state index is 0.770. The number of benzene rings is 2. The predicted molar refractivity (Wildman–Crippen MR) is 110 cm³/mol. The fraction of sp³-hybridized carbons (Fsp3) is 0.0909. The summed E-state index contributed by atoms with van der Waals surface area (Å²) in [6, 6.07) is 20.3. The molecule has 5 heteroatoms. The van der Waals surface area contributed by atoms with Crippen molar-refractivity contribution in [2.75, 3.05) is 0 Å². The van der Waals surface area contributed by atoms with E-state index in [0.717, 1.165) is 34.3 Å². The van der Waals surface area contributed by atoms with Gasteiger partial charge in [0.05, 0.1) is 0 Å². The Kier molecular flexibility index (Phi) is 5.50. The Hall–Kier alpha value is -3.05. The van der Waals surface area contributed by atoms with Crippen molar-refractivity contribution in [3.8, 4) is 22.8 Å². The van der Waals surface area contributed by atoms with Gasteiger partial charge in [-0.05, 0) is 23.3 Å². The number of nitrogens with zero attached hydrogens (tertiary/aromatic N) is 4. The second-order valence-electron chi connectivity index (χ2n) is 5.95. The molecule has 0 unspecified atom stereocenters. The maximum Gasteiger partial charge on any atom is 0.159 e. The maximum atomic E-state index is 4.39. The molecule has 4 nitrogen and oxygen atoms in total. The Labute approximate surface area is 162 Å². The summed E-state index contributed by atoms with van der Waals surface area (Å²) in [5.41, 5.74) is 4.65. The number of aromatic nitrogens is 4. The fourth-order valence-electron chi connectivity index (χ4n) is 2.88. The molecule has 0 N–H and O–H groups in total. The normalized spacial score (nSPS) is 10.7. The molecule has 0 radical (unpaired) electrons. The van der Waals surface area contributed by atoms with Crippen LogP contribution in [0.2, 0.25) is 0 Å². The lowest BCUT2D eigenvalue weighted by molar-refractivity contribution is 1.16. The van der Waals surface area contributed by atoms with Crippen LogP contribution in [0.4, 0.5) is 0 Å². The second-order valence-corrected chi connectivity index (χ2v) is 6.94. The van der Waals surface area contributed by atoms with Crippen molar-refractivity contribution in [3.05, 3.63) is 96.6 Å². The van der Waals surface area contributed by atoms with Crippen LogP contribution in [0, 0.1) is 0 Å². The first-order chi connectivity index (χ1) is 13.4. The maximum absolute atomic E-state index is 4.39. The minimum atomic E-state index is 0.770. The molecule has 2 aromatic carbocycles. The van der Waals surface area contributed by atoms with Crippen LogP contribution < -0.4 is 0 Å². The summed E-state index contributed by atoms with van der Waals surface area (Å²) >= 11 is 1.87. The Bertz CT molecular complexity index is 924. The van der Waals surface area contributed by atoms with Gasteiger partial charge in [0.15, 0.2) is 11.6 Å². The molecule has 4 aromatic rings. The van der Waals surface area contributed by atoms with Gasteiger partial charge >= 0.3 is 0 Å². The predicted octanol–water partition coefficient (Wildman–Crippen LogP) is 5.03. The van der Waals surface area contributed by atoms with Gasteiger partial charge in [0.25, 0.3) is 0 Å².